The Morgan fingerprint density at radius 1 is 0.800 bits per heavy atom. The maximum Gasteiger partial charge on any atom is 0.303 e. The Bertz CT molecular complexity index is 695. The van der Waals surface area contributed by atoms with E-state index in [4.69, 9.17) is 68.6 Å². The number of alkyl halides is 3. The molecule has 1 aliphatic rings. The Labute approximate surface area is 186 Å². The standard InChI is InChI=1S/C16H20Cl3NO10/c1-6(21)25-5-10-11(26-7(2)22)12(27-8(3)23)13(28-9(4)24)14(29-10)30-15(20)16(17,18)19/h10-14,20H,5H2,1-4H3/t10-,11+,12+,13-,14-/m1/s1. The summed E-state index contributed by atoms with van der Waals surface area (Å²) in [6, 6.07) is 0. The van der Waals surface area contributed by atoms with Gasteiger partial charge in [-0.05, 0) is 0 Å². The second-order valence-electron chi connectivity index (χ2n) is 6.01. The fourth-order valence-corrected chi connectivity index (χ4v) is 2.60. The second-order valence-corrected chi connectivity index (χ2v) is 8.29. The van der Waals surface area contributed by atoms with Crippen molar-refractivity contribution < 1.29 is 47.6 Å². The summed E-state index contributed by atoms with van der Waals surface area (Å²) >= 11 is 16.8. The molecule has 170 valence electrons. The number of carbonyl (C=O) groups excluding carboxylic acids is 4. The van der Waals surface area contributed by atoms with Crippen molar-refractivity contribution >= 4 is 64.6 Å². The summed E-state index contributed by atoms with van der Waals surface area (Å²) in [4.78, 5) is 46.1. The van der Waals surface area contributed by atoms with E-state index in [0.717, 1.165) is 27.7 Å². The van der Waals surface area contributed by atoms with E-state index in [1.165, 1.54) is 0 Å². The molecular weight excluding hydrogens is 473 g/mol. The van der Waals surface area contributed by atoms with Crippen LogP contribution in [0.5, 0.6) is 0 Å². The summed E-state index contributed by atoms with van der Waals surface area (Å²) in [6.07, 6.45) is -7.25. The summed E-state index contributed by atoms with van der Waals surface area (Å²) in [6.45, 7) is 3.86. The molecule has 1 rings (SSSR count). The molecule has 1 fully saturated rings. The zero-order valence-corrected chi connectivity index (χ0v) is 18.6. The average molecular weight is 493 g/mol. The number of hydrogen-bond acceptors (Lipinski definition) is 11. The normalized spacial score (nSPS) is 26.2. The minimum Gasteiger partial charge on any atom is -0.463 e. The molecule has 0 unspecified atom stereocenters. The predicted octanol–water partition coefficient (Wildman–Crippen LogP) is 1.43. The number of rotatable bonds is 6. The van der Waals surface area contributed by atoms with Crippen molar-refractivity contribution in [2.75, 3.05) is 6.61 Å². The molecule has 0 saturated carbocycles. The third kappa shape index (κ3) is 8.13. The van der Waals surface area contributed by atoms with Crippen LogP contribution >= 0.6 is 34.8 Å². The van der Waals surface area contributed by atoms with Crippen LogP contribution in [0.4, 0.5) is 0 Å². The zero-order valence-electron chi connectivity index (χ0n) is 16.3. The van der Waals surface area contributed by atoms with Crippen LogP contribution in [0.15, 0.2) is 0 Å². The molecule has 1 saturated heterocycles. The van der Waals surface area contributed by atoms with Gasteiger partial charge in [0.1, 0.15) is 12.7 Å². The van der Waals surface area contributed by atoms with Crippen molar-refractivity contribution in [3.05, 3.63) is 0 Å². The summed E-state index contributed by atoms with van der Waals surface area (Å²) in [5.74, 6) is -4.03. The quantitative estimate of drug-likeness (QED) is 0.190. The van der Waals surface area contributed by atoms with Crippen molar-refractivity contribution in [1.29, 1.82) is 5.41 Å². The van der Waals surface area contributed by atoms with Gasteiger partial charge < -0.3 is 28.4 Å². The third-order valence-electron chi connectivity index (χ3n) is 3.44. The first-order valence-corrected chi connectivity index (χ1v) is 9.48. The maximum absolute atomic E-state index is 11.7. The van der Waals surface area contributed by atoms with Gasteiger partial charge in [-0.15, -0.1) is 0 Å². The van der Waals surface area contributed by atoms with Crippen molar-refractivity contribution in [1.82, 2.24) is 0 Å². The summed E-state index contributed by atoms with van der Waals surface area (Å²) < 4.78 is 28.9. The molecule has 0 bridgehead atoms. The first kappa shape index (κ1) is 26.2. The molecule has 14 heteroatoms. The molecule has 30 heavy (non-hydrogen) atoms. The van der Waals surface area contributed by atoms with Gasteiger partial charge in [0.05, 0.1) is 0 Å². The molecule has 1 N–H and O–H groups in total. The van der Waals surface area contributed by atoms with Crippen molar-refractivity contribution in [2.45, 2.75) is 62.2 Å². The van der Waals surface area contributed by atoms with Crippen molar-refractivity contribution in [2.24, 2.45) is 0 Å². The number of esters is 4. The Morgan fingerprint density at radius 2 is 1.27 bits per heavy atom. The van der Waals surface area contributed by atoms with Gasteiger partial charge in [0.15, 0.2) is 12.2 Å². The molecule has 0 aromatic carbocycles. The van der Waals surface area contributed by atoms with Crippen LogP contribution in [0.25, 0.3) is 0 Å². The number of carbonyl (C=O) groups is 4. The Kier molecular flexibility index (Phi) is 9.60. The minimum absolute atomic E-state index is 0.460. The van der Waals surface area contributed by atoms with E-state index in [-0.39, 0.29) is 0 Å². The molecule has 0 radical (unpaired) electrons. The average Bonchev–Trinajstić information content (AvgIpc) is 2.56. The number of nitrogens with one attached hydrogen (secondary N) is 1. The van der Waals surface area contributed by atoms with Crippen LogP contribution in [0.2, 0.25) is 0 Å². The molecule has 0 amide bonds. The van der Waals surface area contributed by atoms with Gasteiger partial charge in [-0.25, -0.2) is 0 Å². The molecule has 0 aromatic heterocycles. The molecule has 11 nitrogen and oxygen atoms in total. The van der Waals surface area contributed by atoms with Crippen molar-refractivity contribution in [3.63, 3.8) is 0 Å². The molecule has 0 spiro atoms. The smallest absolute Gasteiger partial charge is 0.303 e. The highest BCUT2D eigenvalue weighted by Crippen LogP contribution is 2.33. The summed E-state index contributed by atoms with van der Waals surface area (Å²) in [5, 5.41) is 7.74. The first-order valence-electron chi connectivity index (χ1n) is 8.35. The topological polar surface area (TPSA) is 148 Å². The van der Waals surface area contributed by atoms with E-state index in [0.29, 0.717) is 0 Å². The van der Waals surface area contributed by atoms with E-state index in [2.05, 4.69) is 0 Å². The van der Waals surface area contributed by atoms with E-state index in [1.54, 1.807) is 0 Å². The lowest BCUT2D eigenvalue weighted by Crippen LogP contribution is -2.63. The predicted molar refractivity (Wildman–Crippen MR) is 101 cm³/mol. The molecular formula is C16H20Cl3NO10. The van der Waals surface area contributed by atoms with Gasteiger partial charge in [-0.2, -0.15) is 0 Å². The zero-order chi connectivity index (χ0) is 23.2. The number of halogens is 3. The van der Waals surface area contributed by atoms with Gasteiger partial charge >= 0.3 is 23.9 Å². The Hall–Kier alpha value is -1.82. The van der Waals surface area contributed by atoms with Crippen LogP contribution in [0.3, 0.4) is 0 Å². The summed E-state index contributed by atoms with van der Waals surface area (Å²) in [5.41, 5.74) is 0. The molecule has 1 heterocycles. The summed E-state index contributed by atoms with van der Waals surface area (Å²) in [7, 11) is 0. The van der Waals surface area contributed by atoms with Gasteiger partial charge in [0, 0.05) is 27.7 Å². The van der Waals surface area contributed by atoms with Crippen molar-refractivity contribution in [3.8, 4) is 0 Å². The highest BCUT2D eigenvalue weighted by molar-refractivity contribution is 6.76. The van der Waals surface area contributed by atoms with Gasteiger partial charge in [0.25, 0.3) is 3.79 Å². The lowest BCUT2D eigenvalue weighted by molar-refractivity contribution is -0.292. The fraction of sp³-hybridized carbons (Fsp3) is 0.688. The van der Waals surface area contributed by atoms with Crippen LogP contribution in [-0.2, 0) is 47.6 Å². The Balaban J connectivity index is 3.37. The largest absolute Gasteiger partial charge is 0.463 e. The second kappa shape index (κ2) is 11.0. The van der Waals surface area contributed by atoms with Gasteiger partial charge in [0.2, 0.25) is 18.3 Å². The van der Waals surface area contributed by atoms with Crippen LogP contribution in [0.1, 0.15) is 27.7 Å². The van der Waals surface area contributed by atoms with Gasteiger partial charge in [-0.3, -0.25) is 24.6 Å². The number of ether oxygens (including phenoxy) is 6. The van der Waals surface area contributed by atoms with E-state index in [9.17, 15) is 19.2 Å². The van der Waals surface area contributed by atoms with Crippen LogP contribution in [0, 0.1) is 5.41 Å². The molecule has 0 aliphatic carbocycles. The van der Waals surface area contributed by atoms with E-state index in [1.807, 2.05) is 0 Å². The molecule has 5 atom stereocenters. The first-order chi connectivity index (χ1) is 13.7. The van der Waals surface area contributed by atoms with E-state index < -0.39 is 70.9 Å². The third-order valence-corrected chi connectivity index (χ3v) is 3.95. The molecule has 1 aliphatic heterocycles. The fourth-order valence-electron chi connectivity index (χ4n) is 2.47. The van der Waals surface area contributed by atoms with Crippen LogP contribution < -0.4 is 0 Å². The SMILES string of the molecule is CC(=O)OC[C@H]1O[C@H](OC(=N)C(Cl)(Cl)Cl)[C@H](OC(C)=O)[C@@H](OC(C)=O)[C@H]1OC(C)=O. The van der Waals surface area contributed by atoms with Crippen LogP contribution in [-0.4, -0.2) is 70.9 Å². The highest BCUT2D eigenvalue weighted by Gasteiger charge is 2.54. The molecule has 0 aromatic rings. The minimum atomic E-state index is -2.29. The Morgan fingerprint density at radius 3 is 1.70 bits per heavy atom. The van der Waals surface area contributed by atoms with E-state index >= 15 is 0 Å². The lowest BCUT2D eigenvalue weighted by atomic mass is 9.98. The maximum atomic E-state index is 11.7. The monoisotopic (exact) mass is 491 g/mol. The van der Waals surface area contributed by atoms with Gasteiger partial charge in [-0.1, -0.05) is 34.8 Å². The number of hydrogen-bond donors (Lipinski definition) is 1. The lowest BCUT2D eigenvalue weighted by Gasteiger charge is -2.44. The highest BCUT2D eigenvalue weighted by atomic mass is 35.6.